The molecule has 6 heteroatoms. The van der Waals surface area contributed by atoms with Crippen LogP contribution in [-0.2, 0) is 0 Å². The first-order chi connectivity index (χ1) is 8.70. The second kappa shape index (κ2) is 5.70. The minimum atomic E-state index is 0.502. The lowest BCUT2D eigenvalue weighted by atomic mass is 10.2. The van der Waals surface area contributed by atoms with Gasteiger partial charge in [0.1, 0.15) is 0 Å². The summed E-state index contributed by atoms with van der Waals surface area (Å²) in [6, 6.07) is 5.90. The van der Waals surface area contributed by atoms with Gasteiger partial charge in [-0.2, -0.15) is 0 Å². The summed E-state index contributed by atoms with van der Waals surface area (Å²) < 4.78 is 0. The van der Waals surface area contributed by atoms with Crippen molar-refractivity contribution in [1.29, 1.82) is 0 Å². The Labute approximate surface area is 111 Å². The van der Waals surface area contributed by atoms with E-state index in [0.717, 1.165) is 16.6 Å². The molecule has 18 heavy (non-hydrogen) atoms. The highest BCUT2D eigenvalue weighted by Crippen LogP contribution is 2.15. The number of rotatable bonds is 3. The number of nitrogens with two attached hydrogens (primary N) is 1. The first kappa shape index (κ1) is 12.7. The van der Waals surface area contributed by atoms with Crippen molar-refractivity contribution in [2.75, 3.05) is 18.4 Å². The van der Waals surface area contributed by atoms with E-state index in [9.17, 15) is 0 Å². The first-order valence-electron chi connectivity index (χ1n) is 5.68. The number of nitrogens with zero attached hydrogens (tertiary/aromatic N) is 2. The molecule has 0 atom stereocenters. The number of thiocarbonyl (C=S) groups is 1. The minimum Gasteiger partial charge on any atom is -0.361 e. The molecular weight excluding hydrogens is 246 g/mol. The van der Waals surface area contributed by atoms with E-state index in [4.69, 9.17) is 18.0 Å². The van der Waals surface area contributed by atoms with Crippen LogP contribution < -0.4 is 16.4 Å². The summed E-state index contributed by atoms with van der Waals surface area (Å²) >= 11 is 5.10. The summed E-state index contributed by atoms with van der Waals surface area (Å²) in [7, 11) is 0. The average molecular weight is 261 g/mol. The zero-order valence-corrected chi connectivity index (χ0v) is 10.9. The summed E-state index contributed by atoms with van der Waals surface area (Å²) in [6.07, 6.45) is 1.67. The Bertz CT molecular complexity index is 569. The molecule has 0 radical (unpaired) electrons. The smallest absolute Gasteiger partial charge is 0.172 e. The van der Waals surface area contributed by atoms with Crippen molar-refractivity contribution in [1.82, 2.24) is 15.3 Å². The monoisotopic (exact) mass is 261 g/mol. The zero-order chi connectivity index (χ0) is 13.0. The van der Waals surface area contributed by atoms with Gasteiger partial charge < -0.3 is 16.4 Å². The lowest BCUT2D eigenvalue weighted by Gasteiger charge is -2.09. The summed E-state index contributed by atoms with van der Waals surface area (Å²) in [4.78, 5) is 8.83. The fraction of sp³-hybridized carbons (Fsp3) is 0.250. The Balaban J connectivity index is 2.18. The average Bonchev–Trinajstić information content (AvgIpc) is 2.36. The van der Waals surface area contributed by atoms with Crippen LogP contribution in [0.25, 0.3) is 11.0 Å². The summed E-state index contributed by atoms with van der Waals surface area (Å²) in [5, 5.41) is 6.45. The van der Waals surface area contributed by atoms with Gasteiger partial charge in [-0.3, -0.25) is 4.98 Å². The number of hydrogen-bond acceptors (Lipinski definition) is 4. The summed E-state index contributed by atoms with van der Waals surface area (Å²) in [5.41, 5.74) is 8.25. The Morgan fingerprint density at radius 3 is 3.06 bits per heavy atom. The van der Waals surface area contributed by atoms with Crippen LogP contribution in [0.3, 0.4) is 0 Å². The van der Waals surface area contributed by atoms with Crippen LogP contribution in [0.1, 0.15) is 5.56 Å². The third-order valence-corrected chi connectivity index (χ3v) is 2.69. The van der Waals surface area contributed by atoms with Crippen molar-refractivity contribution in [3.63, 3.8) is 0 Å². The van der Waals surface area contributed by atoms with Crippen molar-refractivity contribution in [2.45, 2.75) is 6.92 Å². The predicted molar refractivity (Wildman–Crippen MR) is 77.6 cm³/mol. The van der Waals surface area contributed by atoms with Crippen LogP contribution >= 0.6 is 12.2 Å². The quantitative estimate of drug-likeness (QED) is 0.720. The molecule has 0 bridgehead atoms. The molecule has 4 N–H and O–H groups in total. The zero-order valence-electron chi connectivity index (χ0n) is 10.1. The summed E-state index contributed by atoms with van der Waals surface area (Å²) in [5.74, 6) is 0.627. The van der Waals surface area contributed by atoms with E-state index in [1.807, 2.05) is 25.1 Å². The van der Waals surface area contributed by atoms with Crippen LogP contribution in [0.15, 0.2) is 24.4 Å². The number of aromatic nitrogens is 2. The molecule has 0 amide bonds. The summed E-state index contributed by atoms with van der Waals surface area (Å²) in [6.45, 7) is 3.17. The van der Waals surface area contributed by atoms with Gasteiger partial charge in [-0.1, -0.05) is 12.1 Å². The highest BCUT2D eigenvalue weighted by molar-refractivity contribution is 7.80. The van der Waals surface area contributed by atoms with Gasteiger partial charge in [-0.15, -0.1) is 0 Å². The van der Waals surface area contributed by atoms with Gasteiger partial charge >= 0.3 is 0 Å². The lowest BCUT2D eigenvalue weighted by Crippen LogP contribution is -2.32. The number of hydrogen-bond donors (Lipinski definition) is 3. The normalized spacial score (nSPS) is 10.3. The molecule has 0 aliphatic rings. The molecule has 0 aliphatic heterocycles. The maximum atomic E-state index is 5.38. The minimum absolute atomic E-state index is 0.502. The van der Waals surface area contributed by atoms with Crippen molar-refractivity contribution in [3.05, 3.63) is 30.0 Å². The largest absolute Gasteiger partial charge is 0.361 e. The van der Waals surface area contributed by atoms with Crippen molar-refractivity contribution in [3.8, 4) is 0 Å². The molecule has 0 fully saturated rings. The maximum absolute atomic E-state index is 5.38. The van der Waals surface area contributed by atoms with Crippen molar-refractivity contribution in [2.24, 2.45) is 5.73 Å². The van der Waals surface area contributed by atoms with Crippen molar-refractivity contribution < 1.29 is 0 Å². The third kappa shape index (κ3) is 2.91. The number of aryl methyl sites for hydroxylation is 1. The number of anilines is 1. The van der Waals surface area contributed by atoms with Crippen LogP contribution in [0.5, 0.6) is 0 Å². The molecule has 94 valence electrons. The van der Waals surface area contributed by atoms with E-state index < -0.39 is 0 Å². The number of para-hydroxylation sites is 1. The fourth-order valence-electron chi connectivity index (χ4n) is 1.59. The predicted octanol–water partition coefficient (Wildman–Crippen LogP) is 1.18. The first-order valence-corrected chi connectivity index (χ1v) is 6.09. The molecule has 0 saturated carbocycles. The second-order valence-electron chi connectivity index (χ2n) is 3.87. The molecule has 1 aromatic carbocycles. The van der Waals surface area contributed by atoms with Gasteiger partial charge in [-0.05, 0) is 30.8 Å². The Hall–Kier alpha value is -1.79. The second-order valence-corrected chi connectivity index (χ2v) is 4.28. The number of nitrogens with one attached hydrogen (secondary N) is 2. The number of benzene rings is 1. The van der Waals surface area contributed by atoms with Gasteiger partial charge in [-0.25, -0.2) is 4.98 Å². The highest BCUT2D eigenvalue weighted by atomic mass is 32.1. The topological polar surface area (TPSA) is 75.9 Å². The molecule has 2 aromatic rings. The molecule has 0 spiro atoms. The van der Waals surface area contributed by atoms with E-state index in [2.05, 4.69) is 20.6 Å². The number of fused-ring (bicyclic) bond motifs is 1. The highest BCUT2D eigenvalue weighted by Gasteiger charge is 2.03. The molecule has 0 saturated heterocycles. The van der Waals surface area contributed by atoms with Crippen molar-refractivity contribution >= 4 is 34.2 Å². The van der Waals surface area contributed by atoms with Gasteiger partial charge in [0.25, 0.3) is 0 Å². The van der Waals surface area contributed by atoms with Gasteiger partial charge in [0.05, 0.1) is 17.2 Å². The van der Waals surface area contributed by atoms with E-state index >= 15 is 0 Å². The lowest BCUT2D eigenvalue weighted by molar-refractivity contribution is 0.883. The van der Waals surface area contributed by atoms with Crippen LogP contribution in [0, 0.1) is 6.92 Å². The standard InChI is InChI=1S/C12H15N5S/c1-8-3-2-4-9-11(8)15-7-10(16-9)17-12(18)14-6-5-13/h2-4,7H,5-6,13H2,1H3,(H2,14,16,17,18). The van der Waals surface area contributed by atoms with Crippen LogP contribution in [0.4, 0.5) is 5.82 Å². The van der Waals surface area contributed by atoms with Gasteiger partial charge in [0.2, 0.25) is 0 Å². The SMILES string of the molecule is Cc1cccc2nc(NC(=S)NCCN)cnc12. The van der Waals surface area contributed by atoms with Gasteiger partial charge in [0.15, 0.2) is 10.9 Å². The van der Waals surface area contributed by atoms with E-state index in [0.29, 0.717) is 24.0 Å². The molecule has 1 heterocycles. The van der Waals surface area contributed by atoms with E-state index in [1.165, 1.54) is 0 Å². The third-order valence-electron chi connectivity index (χ3n) is 2.44. The maximum Gasteiger partial charge on any atom is 0.172 e. The molecule has 0 aliphatic carbocycles. The van der Waals surface area contributed by atoms with E-state index in [-0.39, 0.29) is 0 Å². The Morgan fingerprint density at radius 2 is 2.28 bits per heavy atom. The van der Waals surface area contributed by atoms with Crippen LogP contribution in [0.2, 0.25) is 0 Å². The Morgan fingerprint density at radius 1 is 1.44 bits per heavy atom. The molecule has 5 nitrogen and oxygen atoms in total. The fourth-order valence-corrected chi connectivity index (χ4v) is 1.80. The molecule has 1 aromatic heterocycles. The molecule has 0 unspecified atom stereocenters. The molecular formula is C12H15N5S. The molecule has 2 rings (SSSR count). The van der Waals surface area contributed by atoms with Crippen LogP contribution in [-0.4, -0.2) is 28.2 Å². The van der Waals surface area contributed by atoms with Gasteiger partial charge in [0, 0.05) is 13.1 Å². The van der Waals surface area contributed by atoms with E-state index in [1.54, 1.807) is 6.20 Å². The Kier molecular flexibility index (Phi) is 4.01.